The maximum atomic E-state index is 13.5. The van der Waals surface area contributed by atoms with Gasteiger partial charge in [-0.25, -0.2) is 9.18 Å². The molecule has 21 heavy (non-hydrogen) atoms. The van der Waals surface area contributed by atoms with Gasteiger partial charge in [0.1, 0.15) is 5.82 Å². The summed E-state index contributed by atoms with van der Waals surface area (Å²) in [5.41, 5.74) is 1.31. The number of carbonyl (C=O) groups is 1. The van der Waals surface area contributed by atoms with Crippen LogP contribution in [-0.4, -0.2) is 10.4 Å². The quantitative estimate of drug-likeness (QED) is 0.740. The van der Waals surface area contributed by atoms with Gasteiger partial charge in [-0.1, -0.05) is 30.3 Å². The summed E-state index contributed by atoms with van der Waals surface area (Å²) in [6.07, 6.45) is -0.0569. The van der Waals surface area contributed by atoms with Crippen molar-refractivity contribution in [2.75, 3.05) is 0 Å². The molecule has 0 radical (unpaired) electrons. The second-order valence-electron chi connectivity index (χ2n) is 4.73. The second-order valence-corrected chi connectivity index (χ2v) is 4.73. The summed E-state index contributed by atoms with van der Waals surface area (Å²) in [5, 5.41) is 0. The maximum absolute atomic E-state index is 13.5. The molecule has 0 bridgehead atoms. The highest BCUT2D eigenvalue weighted by Gasteiger charge is 2.13. The summed E-state index contributed by atoms with van der Waals surface area (Å²) in [7, 11) is 0. The van der Waals surface area contributed by atoms with Crippen LogP contribution in [0.15, 0.2) is 57.7 Å². The van der Waals surface area contributed by atoms with Gasteiger partial charge < -0.3 is 4.42 Å². The molecule has 0 fully saturated rings. The summed E-state index contributed by atoms with van der Waals surface area (Å²) in [6.45, 7) is -0.135. The fraction of sp³-hybridized carbons (Fsp3) is 0.125. The highest BCUT2D eigenvalue weighted by Crippen LogP contribution is 2.13. The number of nitrogens with zero attached hydrogens (tertiary/aromatic N) is 1. The highest BCUT2D eigenvalue weighted by atomic mass is 19.1. The van der Waals surface area contributed by atoms with Gasteiger partial charge in [0.15, 0.2) is 11.4 Å². The first-order chi connectivity index (χ1) is 10.1. The lowest BCUT2D eigenvalue weighted by Gasteiger charge is -2.03. The normalized spacial score (nSPS) is 10.9. The van der Waals surface area contributed by atoms with E-state index in [9.17, 15) is 14.0 Å². The summed E-state index contributed by atoms with van der Waals surface area (Å²) >= 11 is 0. The maximum Gasteiger partial charge on any atom is 0.420 e. The number of carbonyl (C=O) groups excluding carboxylic acids is 1. The zero-order valence-corrected chi connectivity index (χ0v) is 11.1. The van der Waals surface area contributed by atoms with E-state index in [-0.39, 0.29) is 18.7 Å². The Bertz CT molecular complexity index is 863. The number of rotatable bonds is 4. The van der Waals surface area contributed by atoms with Crippen LogP contribution < -0.4 is 5.76 Å². The number of ketones is 1. The lowest BCUT2D eigenvalue weighted by atomic mass is 10.1. The Labute approximate surface area is 119 Å². The average molecular weight is 285 g/mol. The van der Waals surface area contributed by atoms with Gasteiger partial charge in [-0.2, -0.15) is 0 Å². The first kappa shape index (κ1) is 13.3. The molecule has 0 aliphatic heterocycles. The van der Waals surface area contributed by atoms with Crippen molar-refractivity contribution >= 4 is 16.9 Å². The fourth-order valence-corrected chi connectivity index (χ4v) is 2.25. The summed E-state index contributed by atoms with van der Waals surface area (Å²) < 4.78 is 19.8. The number of hydrogen-bond donors (Lipinski definition) is 0. The number of aromatic nitrogens is 1. The minimum atomic E-state index is -0.585. The van der Waals surface area contributed by atoms with Crippen LogP contribution in [0.3, 0.4) is 0 Å². The van der Waals surface area contributed by atoms with Gasteiger partial charge in [0, 0.05) is 6.42 Å². The summed E-state index contributed by atoms with van der Waals surface area (Å²) in [6, 6.07) is 13.0. The molecule has 1 heterocycles. The molecule has 5 heteroatoms. The van der Waals surface area contributed by atoms with Crippen molar-refractivity contribution in [1.29, 1.82) is 0 Å². The number of oxazole rings is 1. The van der Waals surface area contributed by atoms with Gasteiger partial charge in [0.05, 0.1) is 12.1 Å². The molecule has 0 atom stereocenters. The van der Waals surface area contributed by atoms with Gasteiger partial charge in [-0.3, -0.25) is 9.36 Å². The Morgan fingerprint density at radius 1 is 1.10 bits per heavy atom. The Hall–Kier alpha value is -2.69. The van der Waals surface area contributed by atoms with E-state index in [0.29, 0.717) is 16.7 Å². The van der Waals surface area contributed by atoms with Crippen molar-refractivity contribution in [1.82, 2.24) is 4.57 Å². The Balaban J connectivity index is 1.86. The minimum Gasteiger partial charge on any atom is -0.408 e. The van der Waals surface area contributed by atoms with Crippen LogP contribution in [0.25, 0.3) is 11.1 Å². The molecule has 106 valence electrons. The highest BCUT2D eigenvalue weighted by molar-refractivity contribution is 5.82. The molecule has 1 aromatic heterocycles. The number of Topliss-reactive ketones (excluding diaryl/α,β-unsaturated/α-hetero) is 1. The third kappa shape index (κ3) is 2.63. The van der Waals surface area contributed by atoms with E-state index in [4.69, 9.17) is 4.42 Å². The molecular weight excluding hydrogens is 273 g/mol. The van der Waals surface area contributed by atoms with Crippen molar-refractivity contribution < 1.29 is 13.6 Å². The molecule has 2 aromatic carbocycles. The third-order valence-electron chi connectivity index (χ3n) is 3.25. The lowest BCUT2D eigenvalue weighted by molar-refractivity contribution is -0.119. The molecule has 0 saturated carbocycles. The first-order valence-corrected chi connectivity index (χ1v) is 6.48. The molecule has 4 nitrogen and oxygen atoms in total. The number of para-hydroxylation sites is 2. The topological polar surface area (TPSA) is 52.2 Å². The van der Waals surface area contributed by atoms with E-state index >= 15 is 0 Å². The van der Waals surface area contributed by atoms with Crippen LogP contribution in [-0.2, 0) is 17.8 Å². The minimum absolute atomic E-state index is 0.0569. The van der Waals surface area contributed by atoms with Crippen LogP contribution in [0.1, 0.15) is 5.56 Å². The van der Waals surface area contributed by atoms with Crippen LogP contribution in [0, 0.1) is 5.82 Å². The zero-order valence-electron chi connectivity index (χ0n) is 11.1. The molecular formula is C16H12FNO3. The molecule has 3 aromatic rings. The fourth-order valence-electron chi connectivity index (χ4n) is 2.25. The SMILES string of the molecule is O=C(Cc1ccccc1F)Cn1c(=O)oc2ccccc21. The van der Waals surface area contributed by atoms with E-state index in [2.05, 4.69) is 0 Å². The molecule has 0 N–H and O–H groups in total. The molecule has 0 aliphatic carbocycles. The smallest absolute Gasteiger partial charge is 0.408 e. The van der Waals surface area contributed by atoms with Gasteiger partial charge >= 0.3 is 5.76 Å². The molecule has 0 saturated heterocycles. The number of halogens is 1. The van der Waals surface area contributed by atoms with E-state index in [1.165, 1.54) is 10.6 Å². The largest absolute Gasteiger partial charge is 0.420 e. The predicted octanol–water partition coefficient (Wildman–Crippen LogP) is 2.55. The third-order valence-corrected chi connectivity index (χ3v) is 3.25. The van der Waals surface area contributed by atoms with Crippen molar-refractivity contribution in [3.8, 4) is 0 Å². The average Bonchev–Trinajstić information content (AvgIpc) is 2.78. The van der Waals surface area contributed by atoms with Crippen molar-refractivity contribution in [2.45, 2.75) is 13.0 Å². The van der Waals surface area contributed by atoms with Crippen LogP contribution in [0.2, 0.25) is 0 Å². The van der Waals surface area contributed by atoms with Gasteiger partial charge in [0.25, 0.3) is 0 Å². The Morgan fingerprint density at radius 2 is 1.81 bits per heavy atom. The molecule has 0 amide bonds. The predicted molar refractivity (Wildman–Crippen MR) is 75.6 cm³/mol. The standard InChI is InChI=1S/C16H12FNO3/c17-13-6-2-1-5-11(13)9-12(19)10-18-14-7-3-4-8-15(14)21-16(18)20/h1-8H,9-10H2. The molecule has 3 rings (SSSR count). The zero-order chi connectivity index (χ0) is 14.8. The van der Waals surface area contributed by atoms with Crippen molar-refractivity contribution in [2.24, 2.45) is 0 Å². The monoisotopic (exact) mass is 285 g/mol. The van der Waals surface area contributed by atoms with E-state index in [0.717, 1.165) is 0 Å². The summed E-state index contributed by atoms with van der Waals surface area (Å²) in [4.78, 5) is 23.8. The number of benzene rings is 2. The Morgan fingerprint density at radius 3 is 2.62 bits per heavy atom. The van der Waals surface area contributed by atoms with Gasteiger partial charge in [0.2, 0.25) is 0 Å². The Kier molecular flexibility index (Phi) is 3.39. The van der Waals surface area contributed by atoms with Gasteiger partial charge in [-0.15, -0.1) is 0 Å². The number of hydrogen-bond acceptors (Lipinski definition) is 3. The van der Waals surface area contributed by atoms with Gasteiger partial charge in [-0.05, 0) is 23.8 Å². The molecule has 0 unspecified atom stereocenters. The summed E-state index contributed by atoms with van der Waals surface area (Å²) in [5.74, 6) is -1.26. The van der Waals surface area contributed by atoms with Crippen LogP contribution in [0.5, 0.6) is 0 Å². The van der Waals surface area contributed by atoms with Crippen LogP contribution in [0.4, 0.5) is 4.39 Å². The number of fused-ring (bicyclic) bond motifs is 1. The van der Waals surface area contributed by atoms with E-state index in [1.807, 2.05) is 0 Å². The van der Waals surface area contributed by atoms with E-state index < -0.39 is 11.6 Å². The van der Waals surface area contributed by atoms with Crippen molar-refractivity contribution in [3.05, 3.63) is 70.5 Å². The molecule has 0 spiro atoms. The second kappa shape index (κ2) is 5.36. The van der Waals surface area contributed by atoms with E-state index in [1.54, 1.807) is 42.5 Å². The lowest BCUT2D eigenvalue weighted by Crippen LogP contribution is -2.21. The van der Waals surface area contributed by atoms with Crippen LogP contribution >= 0.6 is 0 Å². The first-order valence-electron chi connectivity index (χ1n) is 6.48. The molecule has 0 aliphatic rings. The van der Waals surface area contributed by atoms with Crippen molar-refractivity contribution in [3.63, 3.8) is 0 Å².